The van der Waals surface area contributed by atoms with Crippen LogP contribution in [0.5, 0.6) is 0 Å². The van der Waals surface area contributed by atoms with Gasteiger partial charge in [-0.1, -0.05) is 0 Å². The van der Waals surface area contributed by atoms with Gasteiger partial charge in [0, 0.05) is 5.56 Å². The zero-order valence-electron chi connectivity index (χ0n) is 11.1. The summed E-state index contributed by atoms with van der Waals surface area (Å²) in [7, 11) is 1.30. The molecule has 0 aliphatic rings. The highest BCUT2D eigenvalue weighted by Crippen LogP contribution is 2.23. The van der Waals surface area contributed by atoms with E-state index in [0.29, 0.717) is 5.69 Å². The Labute approximate surface area is 110 Å². The lowest BCUT2D eigenvalue weighted by molar-refractivity contribution is 0.0546. The Hall–Kier alpha value is -2.08. The fraction of sp³-hybridized carbons (Fsp3) is 0.385. The van der Waals surface area contributed by atoms with Crippen molar-refractivity contribution in [3.63, 3.8) is 0 Å². The van der Waals surface area contributed by atoms with Gasteiger partial charge >= 0.3 is 5.97 Å². The molecule has 1 N–H and O–H groups in total. The number of esters is 1. The van der Waals surface area contributed by atoms with Crippen molar-refractivity contribution in [1.82, 2.24) is 9.78 Å². The maximum Gasteiger partial charge on any atom is 0.358 e. The number of furan rings is 1. The van der Waals surface area contributed by atoms with Gasteiger partial charge in [-0.3, -0.25) is 4.68 Å². The van der Waals surface area contributed by atoms with E-state index in [9.17, 15) is 9.90 Å². The van der Waals surface area contributed by atoms with Crippen LogP contribution in [0.4, 0.5) is 0 Å². The third-order valence-corrected chi connectivity index (χ3v) is 2.53. The minimum atomic E-state index is -0.947. The van der Waals surface area contributed by atoms with Crippen molar-refractivity contribution >= 4 is 5.97 Å². The lowest BCUT2D eigenvalue weighted by Gasteiger charge is -2.18. The van der Waals surface area contributed by atoms with E-state index >= 15 is 0 Å². The molecule has 2 rings (SSSR count). The first-order valence-electron chi connectivity index (χ1n) is 5.82. The van der Waals surface area contributed by atoms with E-state index in [1.807, 2.05) is 0 Å². The molecule has 0 radical (unpaired) electrons. The van der Waals surface area contributed by atoms with Crippen LogP contribution in [0.15, 0.2) is 29.1 Å². The van der Waals surface area contributed by atoms with Crippen LogP contribution in [0, 0.1) is 0 Å². The number of ether oxygens (including phenoxy) is 1. The second-order valence-corrected chi connectivity index (χ2v) is 4.89. The average Bonchev–Trinajstić information content (AvgIpc) is 2.94. The van der Waals surface area contributed by atoms with E-state index in [2.05, 4.69) is 9.84 Å². The molecule has 0 atom stereocenters. The van der Waals surface area contributed by atoms with Crippen LogP contribution < -0.4 is 0 Å². The summed E-state index contributed by atoms with van der Waals surface area (Å²) in [6.07, 6.45) is 3.09. The normalized spacial score (nSPS) is 11.6. The van der Waals surface area contributed by atoms with Crippen LogP contribution >= 0.6 is 0 Å². The summed E-state index contributed by atoms with van der Waals surface area (Å²) in [6.45, 7) is 3.60. The minimum absolute atomic E-state index is 0.197. The van der Waals surface area contributed by atoms with Gasteiger partial charge in [-0.05, 0) is 26.0 Å². The molecule has 0 spiro atoms. The molecule has 0 amide bonds. The van der Waals surface area contributed by atoms with E-state index < -0.39 is 11.6 Å². The molecule has 6 heteroatoms. The smallest absolute Gasteiger partial charge is 0.358 e. The zero-order valence-corrected chi connectivity index (χ0v) is 11.1. The number of rotatable bonds is 4. The maximum absolute atomic E-state index is 11.5. The Morgan fingerprint density at radius 2 is 2.32 bits per heavy atom. The molecule has 0 unspecified atom stereocenters. The molecule has 2 aromatic rings. The molecule has 2 aromatic heterocycles. The molecule has 0 aliphatic heterocycles. The largest absolute Gasteiger partial charge is 0.472 e. The summed E-state index contributed by atoms with van der Waals surface area (Å²) < 4.78 is 11.2. The summed E-state index contributed by atoms with van der Waals surface area (Å²) in [6, 6.07) is 3.38. The molecule has 0 aliphatic carbocycles. The summed E-state index contributed by atoms with van der Waals surface area (Å²) in [5.74, 6) is -0.515. The molecular weight excluding hydrogens is 248 g/mol. The third kappa shape index (κ3) is 3.03. The highest BCUT2D eigenvalue weighted by Gasteiger charge is 2.21. The van der Waals surface area contributed by atoms with Gasteiger partial charge in [0.1, 0.15) is 0 Å². The number of aliphatic hydroxyl groups is 1. The Balaban J connectivity index is 2.44. The van der Waals surface area contributed by atoms with E-state index in [1.165, 1.54) is 13.4 Å². The van der Waals surface area contributed by atoms with E-state index in [0.717, 1.165) is 5.56 Å². The molecule has 2 heterocycles. The molecule has 0 saturated carbocycles. The van der Waals surface area contributed by atoms with E-state index in [1.54, 1.807) is 36.9 Å². The zero-order chi connectivity index (χ0) is 14.0. The second-order valence-electron chi connectivity index (χ2n) is 4.89. The molecule has 0 fully saturated rings. The van der Waals surface area contributed by atoms with Gasteiger partial charge in [0.2, 0.25) is 0 Å². The molecule has 0 aromatic carbocycles. The number of aromatic nitrogens is 2. The molecule has 0 bridgehead atoms. The van der Waals surface area contributed by atoms with Crippen molar-refractivity contribution in [3.05, 3.63) is 30.4 Å². The van der Waals surface area contributed by atoms with Crippen LogP contribution in [-0.4, -0.2) is 33.6 Å². The van der Waals surface area contributed by atoms with Crippen molar-refractivity contribution in [1.29, 1.82) is 0 Å². The van der Waals surface area contributed by atoms with Crippen molar-refractivity contribution < 1.29 is 19.1 Å². The quantitative estimate of drug-likeness (QED) is 0.850. The van der Waals surface area contributed by atoms with Crippen LogP contribution in [0.2, 0.25) is 0 Å². The summed E-state index contributed by atoms with van der Waals surface area (Å²) in [5, 5.41) is 14.1. The monoisotopic (exact) mass is 264 g/mol. The number of hydrogen-bond acceptors (Lipinski definition) is 5. The summed E-state index contributed by atoms with van der Waals surface area (Å²) in [4.78, 5) is 11.5. The summed E-state index contributed by atoms with van der Waals surface area (Å²) >= 11 is 0. The van der Waals surface area contributed by atoms with Crippen molar-refractivity contribution in [2.24, 2.45) is 0 Å². The van der Waals surface area contributed by atoms with Crippen LogP contribution in [0.25, 0.3) is 11.3 Å². The van der Waals surface area contributed by atoms with Crippen molar-refractivity contribution in [2.45, 2.75) is 26.0 Å². The predicted octanol–water partition coefficient (Wildman–Crippen LogP) is 1.70. The number of hydrogen-bond donors (Lipinski definition) is 1. The number of methoxy groups -OCH3 is 1. The fourth-order valence-corrected chi connectivity index (χ4v) is 1.75. The molecule has 102 valence electrons. The van der Waals surface area contributed by atoms with Gasteiger partial charge in [-0.15, -0.1) is 0 Å². The first-order chi connectivity index (χ1) is 8.90. The second kappa shape index (κ2) is 4.89. The third-order valence-electron chi connectivity index (χ3n) is 2.53. The van der Waals surface area contributed by atoms with Crippen molar-refractivity contribution in [2.75, 3.05) is 7.11 Å². The summed E-state index contributed by atoms with van der Waals surface area (Å²) in [5.41, 5.74) is 0.726. The number of nitrogens with zero attached hydrogens (tertiary/aromatic N) is 2. The Kier molecular flexibility index (Phi) is 3.44. The van der Waals surface area contributed by atoms with Gasteiger partial charge in [-0.2, -0.15) is 5.10 Å². The lowest BCUT2D eigenvalue weighted by atomic mass is 10.1. The maximum atomic E-state index is 11.5. The highest BCUT2D eigenvalue weighted by molar-refractivity contribution is 5.88. The Bertz CT molecular complexity index is 564. The minimum Gasteiger partial charge on any atom is -0.472 e. The first-order valence-corrected chi connectivity index (χ1v) is 5.82. The average molecular weight is 264 g/mol. The first kappa shape index (κ1) is 13.4. The number of carbonyl (C=O) groups is 1. The van der Waals surface area contributed by atoms with Gasteiger partial charge < -0.3 is 14.3 Å². The Morgan fingerprint density at radius 1 is 1.58 bits per heavy atom. The molecular formula is C13H16N2O4. The Morgan fingerprint density at radius 3 is 2.84 bits per heavy atom. The number of carbonyl (C=O) groups excluding carboxylic acids is 1. The van der Waals surface area contributed by atoms with Gasteiger partial charge in [-0.25, -0.2) is 4.79 Å². The van der Waals surface area contributed by atoms with Crippen LogP contribution in [0.3, 0.4) is 0 Å². The molecule has 19 heavy (non-hydrogen) atoms. The van der Waals surface area contributed by atoms with Crippen molar-refractivity contribution in [3.8, 4) is 11.3 Å². The van der Waals surface area contributed by atoms with Crippen LogP contribution in [-0.2, 0) is 11.3 Å². The topological polar surface area (TPSA) is 77.5 Å². The van der Waals surface area contributed by atoms with E-state index in [4.69, 9.17) is 4.42 Å². The highest BCUT2D eigenvalue weighted by atomic mass is 16.5. The predicted molar refractivity (Wildman–Crippen MR) is 67.6 cm³/mol. The molecule has 6 nitrogen and oxygen atoms in total. The standard InChI is InChI=1S/C13H16N2O4/c1-13(2,17)8-15-11(9-4-5-19-7-9)6-10(14-15)12(16)18-3/h4-7,17H,8H2,1-3H3. The molecule has 0 saturated heterocycles. The fourth-order valence-electron chi connectivity index (χ4n) is 1.75. The van der Waals surface area contributed by atoms with E-state index in [-0.39, 0.29) is 12.2 Å². The van der Waals surface area contributed by atoms with Crippen LogP contribution in [0.1, 0.15) is 24.3 Å². The van der Waals surface area contributed by atoms with Gasteiger partial charge in [0.15, 0.2) is 5.69 Å². The van der Waals surface area contributed by atoms with Gasteiger partial charge in [0.05, 0.1) is 37.5 Å². The SMILES string of the molecule is COC(=O)c1cc(-c2ccoc2)n(CC(C)(C)O)n1. The van der Waals surface area contributed by atoms with Gasteiger partial charge in [0.25, 0.3) is 0 Å². The lowest BCUT2D eigenvalue weighted by Crippen LogP contribution is -2.27.